The normalized spacial score (nSPS) is 14.4. The van der Waals surface area contributed by atoms with Gasteiger partial charge < -0.3 is 25.1 Å². The maximum Gasteiger partial charge on any atom is 0.356 e. The van der Waals surface area contributed by atoms with E-state index in [0.717, 1.165) is 11.6 Å². The quantitative estimate of drug-likeness (QED) is 0.533. The molecule has 2 aromatic carbocycles. The minimum absolute atomic E-state index is 0.0797. The van der Waals surface area contributed by atoms with E-state index in [9.17, 15) is 29.7 Å². The largest absolute Gasteiger partial charge is 0.508 e. The highest BCUT2D eigenvalue weighted by atomic mass is 31.2. The molecule has 0 aliphatic rings. The lowest BCUT2D eigenvalue weighted by molar-refractivity contribution is 0.143. The first-order valence-electron chi connectivity index (χ1n) is 7.10. The van der Waals surface area contributed by atoms with Gasteiger partial charge in [-0.25, -0.2) is 0 Å². The maximum atomic E-state index is 11.6. The third-order valence-electron chi connectivity index (χ3n) is 3.79. The van der Waals surface area contributed by atoms with Crippen LogP contribution in [0.4, 0.5) is 0 Å². The molecule has 0 spiro atoms. The fourth-order valence-corrected chi connectivity index (χ4v) is 3.46. The molecule has 7 heteroatoms. The smallest absolute Gasteiger partial charge is 0.356 e. The molecule has 0 saturated carbocycles. The number of hydrogen-bond donors (Lipinski definition) is 5. The Morgan fingerprint density at radius 3 is 2.09 bits per heavy atom. The monoisotopic (exact) mass is 338 g/mol. The zero-order valence-corrected chi connectivity index (χ0v) is 13.4. The summed E-state index contributed by atoms with van der Waals surface area (Å²) in [6, 6.07) is 9.87. The van der Waals surface area contributed by atoms with Gasteiger partial charge in [0.05, 0.1) is 11.4 Å². The zero-order chi connectivity index (χ0) is 17.2. The average molecular weight is 338 g/mol. The molecule has 0 radical (unpaired) electrons. The van der Waals surface area contributed by atoms with Crippen molar-refractivity contribution in [3.63, 3.8) is 0 Å². The predicted octanol–water partition coefficient (Wildman–Crippen LogP) is 2.13. The van der Waals surface area contributed by atoms with Crippen molar-refractivity contribution in [1.82, 2.24) is 0 Å². The summed E-state index contributed by atoms with van der Waals surface area (Å²) < 4.78 is 11.6. The molecule has 2 atom stereocenters. The Kier molecular flexibility index (Phi) is 5.12. The highest BCUT2D eigenvalue weighted by Gasteiger charge is 2.30. The van der Waals surface area contributed by atoms with Crippen LogP contribution in [0.25, 0.3) is 0 Å². The molecule has 2 aromatic rings. The molecule has 0 aliphatic heterocycles. The van der Waals surface area contributed by atoms with Gasteiger partial charge in [0.15, 0.2) is 0 Å². The van der Waals surface area contributed by atoms with Crippen LogP contribution >= 0.6 is 7.60 Å². The topological polar surface area (TPSA) is 118 Å². The SMILES string of the molecule is CCC(c1ccc(O)cc1)C(O)c1ccc(O)cc1P(=O)(O)O. The van der Waals surface area contributed by atoms with Gasteiger partial charge in [0, 0.05) is 5.92 Å². The maximum absolute atomic E-state index is 11.6. The molecule has 0 heterocycles. The summed E-state index contributed by atoms with van der Waals surface area (Å²) in [6.45, 7) is 1.85. The number of phenolic OH excluding ortho intramolecular Hbond substituents is 2. The van der Waals surface area contributed by atoms with Crippen LogP contribution < -0.4 is 5.30 Å². The van der Waals surface area contributed by atoms with Gasteiger partial charge in [0.1, 0.15) is 11.5 Å². The standard InChI is InChI=1S/C16H19O6P/c1-2-13(10-3-5-11(17)6-4-10)16(19)14-8-7-12(18)9-15(14)23(20,21)22/h3-9,13,16-19H,2H2,1H3,(H2,20,21,22). The number of hydrogen-bond acceptors (Lipinski definition) is 4. The fraction of sp³-hybridized carbons (Fsp3) is 0.250. The summed E-state index contributed by atoms with van der Waals surface area (Å²) >= 11 is 0. The van der Waals surface area contributed by atoms with E-state index < -0.39 is 19.6 Å². The lowest BCUT2D eigenvalue weighted by Gasteiger charge is -2.25. The van der Waals surface area contributed by atoms with Gasteiger partial charge in [-0.2, -0.15) is 0 Å². The second-order valence-corrected chi connectivity index (χ2v) is 6.91. The molecule has 5 N–H and O–H groups in total. The zero-order valence-electron chi connectivity index (χ0n) is 12.5. The van der Waals surface area contributed by atoms with Crippen LogP contribution in [-0.4, -0.2) is 25.1 Å². The Morgan fingerprint density at radius 1 is 1.00 bits per heavy atom. The second-order valence-electron chi connectivity index (χ2n) is 5.34. The van der Waals surface area contributed by atoms with Gasteiger partial charge in [0.25, 0.3) is 0 Å². The molecule has 0 saturated heterocycles. The summed E-state index contributed by atoms with van der Waals surface area (Å²) in [5, 5.41) is 29.1. The molecule has 2 rings (SSSR count). The van der Waals surface area contributed by atoms with Gasteiger partial charge in [0.2, 0.25) is 0 Å². The van der Waals surface area contributed by atoms with Crippen LogP contribution in [0.15, 0.2) is 42.5 Å². The number of aliphatic hydroxyl groups excluding tert-OH is 1. The van der Waals surface area contributed by atoms with Gasteiger partial charge in [-0.15, -0.1) is 0 Å². The Labute approximate surface area is 133 Å². The molecule has 0 amide bonds. The Balaban J connectivity index is 2.48. The van der Waals surface area contributed by atoms with Crippen molar-refractivity contribution in [1.29, 1.82) is 0 Å². The van der Waals surface area contributed by atoms with Crippen molar-refractivity contribution < 1.29 is 29.7 Å². The number of benzene rings is 2. The van der Waals surface area contributed by atoms with E-state index in [4.69, 9.17) is 0 Å². The first-order valence-corrected chi connectivity index (χ1v) is 8.71. The van der Waals surface area contributed by atoms with Crippen LogP contribution in [0, 0.1) is 0 Å². The molecule has 0 aromatic heterocycles. The highest BCUT2D eigenvalue weighted by molar-refractivity contribution is 7.60. The summed E-state index contributed by atoms with van der Waals surface area (Å²) in [7, 11) is -4.65. The fourth-order valence-electron chi connectivity index (χ4n) is 2.61. The van der Waals surface area contributed by atoms with Crippen LogP contribution in [0.1, 0.15) is 36.5 Å². The van der Waals surface area contributed by atoms with Crippen LogP contribution in [0.5, 0.6) is 11.5 Å². The number of aliphatic hydroxyl groups is 1. The van der Waals surface area contributed by atoms with Crippen molar-refractivity contribution >= 4 is 12.9 Å². The third kappa shape index (κ3) is 3.92. The first kappa shape index (κ1) is 17.5. The molecule has 0 bridgehead atoms. The molecule has 124 valence electrons. The molecule has 0 aliphatic carbocycles. The number of phenols is 2. The van der Waals surface area contributed by atoms with E-state index in [1.165, 1.54) is 24.3 Å². The van der Waals surface area contributed by atoms with E-state index >= 15 is 0 Å². The molecule has 6 nitrogen and oxygen atoms in total. The van der Waals surface area contributed by atoms with Crippen LogP contribution in [0.2, 0.25) is 0 Å². The summed E-state index contributed by atoms with van der Waals surface area (Å²) in [6.07, 6.45) is -0.638. The second kappa shape index (κ2) is 6.72. The summed E-state index contributed by atoms with van der Waals surface area (Å²) in [5.74, 6) is -0.596. The van der Waals surface area contributed by atoms with Crippen molar-refractivity contribution in [2.24, 2.45) is 0 Å². The van der Waals surface area contributed by atoms with E-state index in [-0.39, 0.29) is 22.4 Å². The molecule has 0 fully saturated rings. The molecular formula is C16H19O6P. The predicted molar refractivity (Wildman–Crippen MR) is 85.9 cm³/mol. The van der Waals surface area contributed by atoms with E-state index in [0.29, 0.717) is 6.42 Å². The summed E-state index contributed by atoms with van der Waals surface area (Å²) in [4.78, 5) is 18.9. The Hall–Kier alpha value is -1.85. The van der Waals surface area contributed by atoms with Crippen molar-refractivity contribution in [2.75, 3.05) is 0 Å². The van der Waals surface area contributed by atoms with E-state index in [2.05, 4.69) is 0 Å². The molecular weight excluding hydrogens is 319 g/mol. The molecule has 23 heavy (non-hydrogen) atoms. The van der Waals surface area contributed by atoms with Gasteiger partial charge in [-0.1, -0.05) is 25.1 Å². The van der Waals surface area contributed by atoms with Gasteiger partial charge >= 0.3 is 7.60 Å². The van der Waals surface area contributed by atoms with Gasteiger partial charge in [-0.3, -0.25) is 4.57 Å². The van der Waals surface area contributed by atoms with Crippen LogP contribution in [-0.2, 0) is 4.57 Å². The van der Waals surface area contributed by atoms with E-state index in [1.54, 1.807) is 12.1 Å². The third-order valence-corrected chi connectivity index (χ3v) is 4.80. The Bertz CT molecular complexity index is 722. The number of rotatable bonds is 5. The Morgan fingerprint density at radius 2 is 1.57 bits per heavy atom. The number of aromatic hydroxyl groups is 2. The van der Waals surface area contributed by atoms with Crippen LogP contribution in [0.3, 0.4) is 0 Å². The van der Waals surface area contributed by atoms with Crippen molar-refractivity contribution in [3.05, 3.63) is 53.6 Å². The minimum Gasteiger partial charge on any atom is -0.508 e. The minimum atomic E-state index is -4.65. The summed E-state index contributed by atoms with van der Waals surface area (Å²) in [5.41, 5.74) is 0.818. The van der Waals surface area contributed by atoms with E-state index in [1.807, 2.05) is 6.92 Å². The highest BCUT2D eigenvalue weighted by Crippen LogP contribution is 2.41. The van der Waals surface area contributed by atoms with Gasteiger partial charge in [-0.05, 0) is 41.8 Å². The average Bonchev–Trinajstić information content (AvgIpc) is 2.48. The van der Waals surface area contributed by atoms with Crippen molar-refractivity contribution in [2.45, 2.75) is 25.4 Å². The first-order chi connectivity index (χ1) is 10.7. The molecule has 2 unspecified atom stereocenters. The lowest BCUT2D eigenvalue weighted by Crippen LogP contribution is -2.19. The lowest BCUT2D eigenvalue weighted by atomic mass is 9.87. The van der Waals surface area contributed by atoms with Crippen molar-refractivity contribution in [3.8, 4) is 11.5 Å².